The van der Waals surface area contributed by atoms with Crippen LogP contribution in [0.4, 0.5) is 18.9 Å². The van der Waals surface area contributed by atoms with E-state index in [9.17, 15) is 13.2 Å². The molecular formula is C15H17F3N2O. The molecule has 1 aliphatic rings. The molecule has 1 heterocycles. The number of nitrogens with zero attached hydrogens (tertiary/aromatic N) is 2. The Hall–Kier alpha value is -1.74. The predicted molar refractivity (Wildman–Crippen MR) is 73.0 cm³/mol. The van der Waals surface area contributed by atoms with Gasteiger partial charge in [-0.2, -0.15) is 18.4 Å². The molecule has 1 unspecified atom stereocenters. The third kappa shape index (κ3) is 3.48. The molecule has 3 nitrogen and oxygen atoms in total. The van der Waals surface area contributed by atoms with Gasteiger partial charge in [0, 0.05) is 18.8 Å². The zero-order valence-electron chi connectivity index (χ0n) is 11.8. The van der Waals surface area contributed by atoms with Gasteiger partial charge in [0.15, 0.2) is 0 Å². The Kier molecular flexibility index (Phi) is 4.73. The van der Waals surface area contributed by atoms with Gasteiger partial charge in [0.25, 0.3) is 0 Å². The van der Waals surface area contributed by atoms with Crippen LogP contribution < -0.4 is 4.90 Å². The van der Waals surface area contributed by atoms with E-state index in [4.69, 9.17) is 10.00 Å². The fourth-order valence-corrected chi connectivity index (χ4v) is 2.65. The van der Waals surface area contributed by atoms with Crippen molar-refractivity contribution in [1.82, 2.24) is 0 Å². The molecule has 0 spiro atoms. The van der Waals surface area contributed by atoms with E-state index >= 15 is 0 Å². The molecule has 0 N–H and O–H groups in total. The van der Waals surface area contributed by atoms with Gasteiger partial charge in [-0.1, -0.05) is 0 Å². The first-order chi connectivity index (χ1) is 9.97. The van der Waals surface area contributed by atoms with Gasteiger partial charge in [-0.15, -0.1) is 0 Å². The molecule has 2 rings (SSSR count). The number of halogens is 3. The molecule has 6 heteroatoms. The maximum Gasteiger partial charge on any atom is 0.417 e. The predicted octanol–water partition coefficient (Wildman–Crippen LogP) is 3.58. The molecule has 1 aliphatic heterocycles. The molecule has 0 aromatic heterocycles. The summed E-state index contributed by atoms with van der Waals surface area (Å²) in [6.45, 7) is 3.70. The van der Waals surface area contributed by atoms with Crippen LogP contribution in [0.1, 0.15) is 30.9 Å². The van der Waals surface area contributed by atoms with Crippen molar-refractivity contribution in [2.75, 3.05) is 24.7 Å². The number of ether oxygens (including phenoxy) is 1. The van der Waals surface area contributed by atoms with Crippen molar-refractivity contribution in [2.24, 2.45) is 0 Å². The second-order valence-electron chi connectivity index (χ2n) is 4.99. The number of rotatable bonds is 4. The zero-order valence-corrected chi connectivity index (χ0v) is 11.8. The molecule has 0 bridgehead atoms. The monoisotopic (exact) mass is 298 g/mol. The molecule has 0 aliphatic carbocycles. The van der Waals surface area contributed by atoms with Crippen LogP contribution in [0.2, 0.25) is 0 Å². The van der Waals surface area contributed by atoms with Crippen LogP contribution >= 0.6 is 0 Å². The second kappa shape index (κ2) is 6.35. The van der Waals surface area contributed by atoms with Crippen molar-refractivity contribution < 1.29 is 17.9 Å². The Morgan fingerprint density at radius 3 is 2.81 bits per heavy atom. The van der Waals surface area contributed by atoms with Gasteiger partial charge < -0.3 is 9.64 Å². The third-order valence-corrected chi connectivity index (χ3v) is 3.65. The minimum atomic E-state index is -4.52. The quantitative estimate of drug-likeness (QED) is 0.852. The lowest BCUT2D eigenvalue weighted by Gasteiger charge is -2.27. The van der Waals surface area contributed by atoms with Crippen molar-refractivity contribution in [3.05, 3.63) is 29.3 Å². The molecule has 1 saturated heterocycles. The number of hydrogen-bond acceptors (Lipinski definition) is 3. The molecular weight excluding hydrogens is 281 g/mol. The van der Waals surface area contributed by atoms with Gasteiger partial charge in [0.1, 0.15) is 0 Å². The smallest absolute Gasteiger partial charge is 0.380 e. The number of nitriles is 1. The molecule has 21 heavy (non-hydrogen) atoms. The number of hydrogen-bond donors (Lipinski definition) is 0. The Labute approximate surface area is 121 Å². The normalized spacial score (nSPS) is 18.8. The summed E-state index contributed by atoms with van der Waals surface area (Å²) in [4.78, 5) is 1.94. The van der Waals surface area contributed by atoms with E-state index in [1.165, 1.54) is 6.07 Å². The van der Waals surface area contributed by atoms with E-state index in [1.807, 2.05) is 11.8 Å². The molecule has 0 amide bonds. The highest BCUT2D eigenvalue weighted by atomic mass is 19.4. The molecule has 1 atom stereocenters. The maximum atomic E-state index is 13.0. The number of anilines is 1. The van der Waals surface area contributed by atoms with Crippen LogP contribution in [0, 0.1) is 11.3 Å². The minimum Gasteiger partial charge on any atom is -0.380 e. The average molecular weight is 298 g/mol. The van der Waals surface area contributed by atoms with Crippen molar-refractivity contribution in [1.29, 1.82) is 5.26 Å². The Morgan fingerprint density at radius 2 is 2.19 bits per heavy atom. The number of benzene rings is 1. The Morgan fingerprint density at radius 1 is 1.43 bits per heavy atom. The highest BCUT2D eigenvalue weighted by molar-refractivity contribution is 5.56. The first kappa shape index (κ1) is 15.6. The van der Waals surface area contributed by atoms with Crippen LogP contribution in [-0.2, 0) is 10.9 Å². The van der Waals surface area contributed by atoms with Gasteiger partial charge in [-0.25, -0.2) is 0 Å². The van der Waals surface area contributed by atoms with Crippen LogP contribution in [-0.4, -0.2) is 25.8 Å². The van der Waals surface area contributed by atoms with E-state index < -0.39 is 11.7 Å². The lowest BCUT2D eigenvalue weighted by Crippen LogP contribution is -2.33. The van der Waals surface area contributed by atoms with Gasteiger partial charge in [0.05, 0.1) is 29.8 Å². The molecule has 1 aromatic carbocycles. The van der Waals surface area contributed by atoms with Crippen molar-refractivity contribution in [2.45, 2.75) is 32.0 Å². The Bertz CT molecular complexity index is 537. The zero-order chi connectivity index (χ0) is 15.5. The highest BCUT2D eigenvalue weighted by Crippen LogP contribution is 2.36. The average Bonchev–Trinajstić information content (AvgIpc) is 2.91. The summed E-state index contributed by atoms with van der Waals surface area (Å²) < 4.78 is 44.4. The Balaban J connectivity index is 2.30. The first-order valence-electron chi connectivity index (χ1n) is 6.93. The third-order valence-electron chi connectivity index (χ3n) is 3.65. The van der Waals surface area contributed by atoms with Crippen molar-refractivity contribution in [3.8, 4) is 6.07 Å². The minimum absolute atomic E-state index is 0.0963. The van der Waals surface area contributed by atoms with E-state index in [2.05, 4.69) is 0 Å². The first-order valence-corrected chi connectivity index (χ1v) is 6.93. The molecule has 0 saturated carbocycles. The van der Waals surface area contributed by atoms with Gasteiger partial charge in [-0.3, -0.25) is 0 Å². The van der Waals surface area contributed by atoms with Gasteiger partial charge >= 0.3 is 6.18 Å². The maximum absolute atomic E-state index is 13.0. The van der Waals surface area contributed by atoms with E-state index in [1.54, 1.807) is 12.1 Å². The summed E-state index contributed by atoms with van der Waals surface area (Å²) >= 11 is 0. The summed E-state index contributed by atoms with van der Waals surface area (Å²) in [6, 6.07) is 5.60. The molecule has 1 aromatic rings. The standard InChI is InChI=1S/C15H17F3N2O/c1-2-21-10-13-4-3-7-20(13)12-6-5-11(9-19)14(8-12)15(16,17)18/h5-6,8,13H,2-4,7,10H2,1H3. The van der Waals surface area contributed by atoms with Crippen LogP contribution in [0.15, 0.2) is 18.2 Å². The van der Waals surface area contributed by atoms with E-state index in [0.717, 1.165) is 18.9 Å². The number of alkyl halides is 3. The largest absolute Gasteiger partial charge is 0.417 e. The van der Waals surface area contributed by atoms with Gasteiger partial charge in [-0.05, 0) is 38.0 Å². The lowest BCUT2D eigenvalue weighted by atomic mass is 10.1. The summed E-state index contributed by atoms with van der Waals surface area (Å²) in [7, 11) is 0. The summed E-state index contributed by atoms with van der Waals surface area (Å²) in [6.07, 6.45) is -2.68. The lowest BCUT2D eigenvalue weighted by molar-refractivity contribution is -0.137. The SMILES string of the molecule is CCOCC1CCCN1c1ccc(C#N)c(C(F)(F)F)c1. The van der Waals surface area contributed by atoms with Crippen LogP contribution in [0.25, 0.3) is 0 Å². The summed E-state index contributed by atoms with van der Waals surface area (Å²) in [5.41, 5.74) is -0.708. The topological polar surface area (TPSA) is 36.3 Å². The van der Waals surface area contributed by atoms with Gasteiger partial charge in [0.2, 0.25) is 0 Å². The van der Waals surface area contributed by atoms with Crippen LogP contribution in [0.5, 0.6) is 0 Å². The second-order valence-corrected chi connectivity index (χ2v) is 4.99. The fraction of sp³-hybridized carbons (Fsp3) is 0.533. The van der Waals surface area contributed by atoms with E-state index in [-0.39, 0.29) is 11.6 Å². The van der Waals surface area contributed by atoms with Crippen molar-refractivity contribution in [3.63, 3.8) is 0 Å². The highest BCUT2D eigenvalue weighted by Gasteiger charge is 2.35. The summed E-state index contributed by atoms with van der Waals surface area (Å²) in [5, 5.41) is 8.82. The summed E-state index contributed by atoms with van der Waals surface area (Å²) in [5.74, 6) is 0. The molecule has 0 radical (unpaired) electrons. The fourth-order valence-electron chi connectivity index (χ4n) is 2.65. The molecule has 114 valence electrons. The van der Waals surface area contributed by atoms with E-state index in [0.29, 0.717) is 25.4 Å². The molecule has 1 fully saturated rings. The van der Waals surface area contributed by atoms with Crippen molar-refractivity contribution >= 4 is 5.69 Å². The van der Waals surface area contributed by atoms with Crippen LogP contribution in [0.3, 0.4) is 0 Å².